The molecule has 0 amide bonds. The van der Waals surface area contributed by atoms with Crippen LogP contribution in [0.15, 0.2) is 69.5 Å². The molecule has 0 spiro atoms. The molecular formula is C23H14N2O4. The van der Waals surface area contributed by atoms with E-state index in [1.54, 1.807) is 37.4 Å². The maximum absolute atomic E-state index is 10.5. The number of fused-ring (bicyclic) bond motifs is 2. The standard InChI is InChI=1S/C23H14N2O4/c1-27-16-5-3-14(4-6-16)21-10-15-9-17(19(26)11-22(15)28-21)23-25-18-8-13(12-24)2-7-20(18)29-23/h2-11,26H,1H3. The number of phenolic OH excluding ortho intramolecular Hbond substituents is 1. The molecule has 0 unspecified atom stereocenters. The fraction of sp³-hybridized carbons (Fsp3) is 0.0435. The van der Waals surface area contributed by atoms with Crippen molar-refractivity contribution in [3.8, 4) is 40.3 Å². The number of furan rings is 1. The number of ether oxygens (including phenoxy) is 1. The molecule has 0 radical (unpaired) electrons. The van der Waals surface area contributed by atoms with Crippen LogP contribution < -0.4 is 4.74 Å². The zero-order chi connectivity index (χ0) is 20.0. The first-order valence-electron chi connectivity index (χ1n) is 8.86. The molecule has 0 saturated heterocycles. The van der Waals surface area contributed by atoms with E-state index in [4.69, 9.17) is 18.8 Å². The van der Waals surface area contributed by atoms with E-state index in [0.29, 0.717) is 33.6 Å². The molecule has 0 fully saturated rings. The smallest absolute Gasteiger partial charge is 0.231 e. The molecule has 0 aliphatic rings. The van der Waals surface area contributed by atoms with E-state index in [1.165, 1.54) is 0 Å². The molecule has 5 rings (SSSR count). The van der Waals surface area contributed by atoms with Gasteiger partial charge in [-0.15, -0.1) is 0 Å². The summed E-state index contributed by atoms with van der Waals surface area (Å²) in [5, 5.41) is 20.4. The summed E-state index contributed by atoms with van der Waals surface area (Å²) in [6, 6.07) is 19.8. The fourth-order valence-corrected chi connectivity index (χ4v) is 3.26. The minimum atomic E-state index is 0.000179. The number of aromatic hydroxyl groups is 1. The average molecular weight is 382 g/mol. The number of phenols is 1. The molecule has 2 aromatic heterocycles. The highest BCUT2D eigenvalue weighted by Crippen LogP contribution is 2.37. The minimum absolute atomic E-state index is 0.000179. The van der Waals surface area contributed by atoms with Crippen molar-refractivity contribution in [1.29, 1.82) is 5.26 Å². The Morgan fingerprint density at radius 2 is 1.79 bits per heavy atom. The minimum Gasteiger partial charge on any atom is -0.507 e. The van der Waals surface area contributed by atoms with Gasteiger partial charge in [0.15, 0.2) is 5.58 Å². The lowest BCUT2D eigenvalue weighted by Crippen LogP contribution is -1.81. The lowest BCUT2D eigenvalue weighted by atomic mass is 10.1. The van der Waals surface area contributed by atoms with Crippen LogP contribution in [0.2, 0.25) is 0 Å². The highest BCUT2D eigenvalue weighted by atomic mass is 16.5. The average Bonchev–Trinajstić information content (AvgIpc) is 3.36. The highest BCUT2D eigenvalue weighted by Gasteiger charge is 2.16. The molecule has 0 atom stereocenters. The summed E-state index contributed by atoms with van der Waals surface area (Å²) in [6.07, 6.45) is 0. The Hall–Kier alpha value is -4.24. The van der Waals surface area contributed by atoms with Crippen LogP contribution in [0, 0.1) is 11.3 Å². The predicted molar refractivity (Wildman–Crippen MR) is 108 cm³/mol. The molecule has 0 saturated carbocycles. The van der Waals surface area contributed by atoms with Crippen molar-refractivity contribution in [3.63, 3.8) is 0 Å². The molecule has 0 aliphatic heterocycles. The maximum atomic E-state index is 10.5. The molecule has 1 N–H and O–H groups in total. The Morgan fingerprint density at radius 1 is 0.966 bits per heavy atom. The van der Waals surface area contributed by atoms with Crippen LogP contribution >= 0.6 is 0 Å². The van der Waals surface area contributed by atoms with Gasteiger partial charge in [0.05, 0.1) is 24.3 Å². The van der Waals surface area contributed by atoms with Crippen LogP contribution in [0.4, 0.5) is 0 Å². The van der Waals surface area contributed by atoms with Crippen molar-refractivity contribution in [1.82, 2.24) is 4.98 Å². The van der Waals surface area contributed by atoms with E-state index in [9.17, 15) is 5.11 Å². The Bertz CT molecular complexity index is 1410. The first kappa shape index (κ1) is 16.9. The van der Waals surface area contributed by atoms with Crippen LogP contribution in [-0.4, -0.2) is 17.2 Å². The van der Waals surface area contributed by atoms with Crippen molar-refractivity contribution in [2.75, 3.05) is 7.11 Å². The third-order valence-corrected chi connectivity index (χ3v) is 4.76. The summed E-state index contributed by atoms with van der Waals surface area (Å²) in [6.45, 7) is 0. The van der Waals surface area contributed by atoms with Gasteiger partial charge in [-0.2, -0.15) is 5.26 Å². The number of nitrogens with zero attached hydrogens (tertiary/aromatic N) is 2. The second-order valence-electron chi connectivity index (χ2n) is 6.56. The van der Waals surface area contributed by atoms with Gasteiger partial charge in [-0.3, -0.25) is 0 Å². The lowest BCUT2D eigenvalue weighted by Gasteiger charge is -2.00. The molecule has 2 heterocycles. The summed E-state index contributed by atoms with van der Waals surface area (Å²) < 4.78 is 16.9. The topological polar surface area (TPSA) is 92.4 Å². The van der Waals surface area contributed by atoms with Crippen molar-refractivity contribution < 1.29 is 18.7 Å². The first-order chi connectivity index (χ1) is 14.1. The van der Waals surface area contributed by atoms with Crippen LogP contribution in [0.3, 0.4) is 0 Å². The van der Waals surface area contributed by atoms with Crippen molar-refractivity contribution in [2.24, 2.45) is 0 Å². The first-order valence-corrected chi connectivity index (χ1v) is 8.86. The molecule has 0 aliphatic carbocycles. The fourth-order valence-electron chi connectivity index (χ4n) is 3.26. The largest absolute Gasteiger partial charge is 0.507 e. The summed E-state index contributed by atoms with van der Waals surface area (Å²) in [7, 11) is 1.62. The zero-order valence-corrected chi connectivity index (χ0v) is 15.3. The predicted octanol–water partition coefficient (Wildman–Crippen LogP) is 5.49. The monoisotopic (exact) mass is 382 g/mol. The molecule has 29 heavy (non-hydrogen) atoms. The summed E-state index contributed by atoms with van der Waals surface area (Å²) in [5.41, 5.74) is 3.51. The third kappa shape index (κ3) is 2.86. The van der Waals surface area contributed by atoms with Crippen molar-refractivity contribution in [3.05, 3.63) is 66.2 Å². The summed E-state index contributed by atoms with van der Waals surface area (Å²) >= 11 is 0. The molecule has 6 nitrogen and oxygen atoms in total. The van der Waals surface area contributed by atoms with Crippen molar-refractivity contribution >= 4 is 22.1 Å². The SMILES string of the molecule is COc1ccc(-c2cc3cc(-c4nc5cc(C#N)ccc5o4)c(O)cc3o2)cc1. The number of benzene rings is 3. The van der Waals surface area contributed by atoms with E-state index >= 15 is 0 Å². The molecule has 140 valence electrons. The van der Waals surface area contributed by atoms with E-state index in [2.05, 4.69) is 11.1 Å². The summed E-state index contributed by atoms with van der Waals surface area (Å²) in [5.74, 6) is 1.72. The molecular weight excluding hydrogens is 368 g/mol. The normalized spacial score (nSPS) is 11.0. The van der Waals surface area contributed by atoms with E-state index in [-0.39, 0.29) is 11.6 Å². The van der Waals surface area contributed by atoms with Crippen LogP contribution in [0.1, 0.15) is 5.56 Å². The van der Waals surface area contributed by atoms with E-state index in [0.717, 1.165) is 16.7 Å². The Morgan fingerprint density at radius 3 is 2.55 bits per heavy atom. The molecule has 6 heteroatoms. The number of hydrogen-bond donors (Lipinski definition) is 1. The van der Waals surface area contributed by atoms with Gasteiger partial charge < -0.3 is 18.7 Å². The third-order valence-electron chi connectivity index (χ3n) is 4.76. The second-order valence-corrected chi connectivity index (χ2v) is 6.56. The van der Waals surface area contributed by atoms with Gasteiger partial charge in [-0.25, -0.2) is 4.98 Å². The van der Waals surface area contributed by atoms with Crippen LogP contribution in [0.5, 0.6) is 11.5 Å². The molecule has 3 aromatic carbocycles. The Labute approximate surface area is 165 Å². The van der Waals surface area contributed by atoms with Crippen molar-refractivity contribution in [2.45, 2.75) is 0 Å². The van der Waals surface area contributed by atoms with Gasteiger partial charge in [0.1, 0.15) is 28.4 Å². The molecule has 0 bridgehead atoms. The number of aromatic nitrogens is 1. The second kappa shape index (κ2) is 6.43. The zero-order valence-electron chi connectivity index (χ0n) is 15.3. The Kier molecular flexibility index (Phi) is 3.75. The van der Waals surface area contributed by atoms with E-state index in [1.807, 2.05) is 30.3 Å². The van der Waals surface area contributed by atoms with Gasteiger partial charge in [-0.1, -0.05) is 0 Å². The van der Waals surface area contributed by atoms with Crippen LogP contribution in [-0.2, 0) is 0 Å². The number of oxazole rings is 1. The van der Waals surface area contributed by atoms with E-state index < -0.39 is 0 Å². The number of rotatable bonds is 3. The van der Waals surface area contributed by atoms with Gasteiger partial charge in [0.2, 0.25) is 5.89 Å². The maximum Gasteiger partial charge on any atom is 0.231 e. The van der Waals surface area contributed by atoms with Crippen LogP contribution in [0.25, 0.3) is 44.8 Å². The van der Waals surface area contributed by atoms with Gasteiger partial charge in [0.25, 0.3) is 0 Å². The quantitative estimate of drug-likeness (QED) is 0.443. The number of methoxy groups -OCH3 is 1. The molecule has 5 aromatic rings. The number of nitriles is 1. The highest BCUT2D eigenvalue weighted by molar-refractivity contribution is 5.90. The number of hydrogen-bond acceptors (Lipinski definition) is 6. The summed E-state index contributed by atoms with van der Waals surface area (Å²) in [4.78, 5) is 4.42. The van der Waals surface area contributed by atoms with Gasteiger partial charge in [-0.05, 0) is 54.6 Å². The lowest BCUT2D eigenvalue weighted by molar-refractivity contribution is 0.415. The van der Waals surface area contributed by atoms with Gasteiger partial charge in [0, 0.05) is 17.0 Å². The van der Waals surface area contributed by atoms with Gasteiger partial charge >= 0.3 is 0 Å². The Balaban J connectivity index is 1.60.